The molecule has 1 aromatic carbocycles. The maximum Gasteiger partial charge on any atom is 0.408 e. The number of aldehydes is 1. The van der Waals surface area contributed by atoms with Crippen LogP contribution in [-0.4, -0.2) is 18.4 Å². The van der Waals surface area contributed by atoms with Crippen molar-refractivity contribution in [3.05, 3.63) is 35.9 Å². The molecule has 0 aliphatic rings. The molecule has 4 nitrogen and oxygen atoms in total. The highest BCUT2D eigenvalue weighted by Crippen LogP contribution is 2.06. The fraction of sp³-hybridized carbons (Fsp3) is 0.429. The molecule has 0 aliphatic carbocycles. The highest BCUT2D eigenvalue weighted by molar-refractivity contribution is 5.73. The molecule has 1 N–H and O–H groups in total. The minimum atomic E-state index is -0.559. The monoisotopic (exact) mass is 249 g/mol. The molecule has 2 unspecified atom stereocenters. The molecule has 18 heavy (non-hydrogen) atoms. The normalized spacial score (nSPS) is 13.4. The van der Waals surface area contributed by atoms with Crippen LogP contribution in [0.15, 0.2) is 30.3 Å². The van der Waals surface area contributed by atoms with Gasteiger partial charge in [0.25, 0.3) is 0 Å². The van der Waals surface area contributed by atoms with Crippen LogP contribution in [0.1, 0.15) is 25.8 Å². The van der Waals surface area contributed by atoms with Crippen LogP contribution in [0.4, 0.5) is 4.79 Å². The number of hydrogen-bond donors (Lipinski definition) is 1. The number of ether oxygens (including phenoxy) is 1. The lowest BCUT2D eigenvalue weighted by molar-refractivity contribution is -0.110. The van der Waals surface area contributed by atoms with Crippen molar-refractivity contribution in [2.24, 2.45) is 5.92 Å². The van der Waals surface area contributed by atoms with Gasteiger partial charge in [0, 0.05) is 0 Å². The third kappa shape index (κ3) is 4.57. The van der Waals surface area contributed by atoms with Gasteiger partial charge in [0.2, 0.25) is 0 Å². The smallest absolute Gasteiger partial charge is 0.408 e. The van der Waals surface area contributed by atoms with E-state index in [1.807, 2.05) is 44.2 Å². The van der Waals surface area contributed by atoms with Gasteiger partial charge in [-0.05, 0) is 11.5 Å². The largest absolute Gasteiger partial charge is 0.445 e. The van der Waals surface area contributed by atoms with Gasteiger partial charge in [-0.25, -0.2) is 4.79 Å². The SMILES string of the molecule is CCC(C)C(C=O)NC(=O)OCc1ccccc1. The number of hydrogen-bond acceptors (Lipinski definition) is 3. The first-order valence-electron chi connectivity index (χ1n) is 6.09. The predicted octanol–water partition coefficient (Wildman–Crippen LogP) is 2.53. The minimum Gasteiger partial charge on any atom is -0.445 e. The lowest BCUT2D eigenvalue weighted by Gasteiger charge is -2.18. The fourth-order valence-electron chi connectivity index (χ4n) is 1.47. The number of rotatable bonds is 6. The summed E-state index contributed by atoms with van der Waals surface area (Å²) in [5.41, 5.74) is 0.916. The van der Waals surface area contributed by atoms with Crippen LogP contribution in [0.5, 0.6) is 0 Å². The molecule has 0 fully saturated rings. The van der Waals surface area contributed by atoms with Crippen molar-refractivity contribution < 1.29 is 14.3 Å². The van der Waals surface area contributed by atoms with Gasteiger partial charge in [0.15, 0.2) is 0 Å². The summed E-state index contributed by atoms with van der Waals surface area (Å²) in [5.74, 6) is 0.103. The molecule has 0 radical (unpaired) electrons. The molecule has 1 rings (SSSR count). The number of carbonyl (C=O) groups excluding carboxylic acids is 2. The minimum absolute atomic E-state index is 0.103. The van der Waals surface area contributed by atoms with Gasteiger partial charge in [-0.2, -0.15) is 0 Å². The Bertz CT molecular complexity index is 378. The maximum absolute atomic E-state index is 11.5. The second kappa shape index (κ2) is 7.48. The van der Waals surface area contributed by atoms with Gasteiger partial charge in [-0.3, -0.25) is 0 Å². The Hall–Kier alpha value is -1.84. The topological polar surface area (TPSA) is 55.4 Å². The lowest BCUT2D eigenvalue weighted by Crippen LogP contribution is -2.40. The average Bonchev–Trinajstić information content (AvgIpc) is 2.42. The second-order valence-electron chi connectivity index (χ2n) is 4.25. The quantitative estimate of drug-likeness (QED) is 0.788. The summed E-state index contributed by atoms with van der Waals surface area (Å²) >= 11 is 0. The van der Waals surface area contributed by atoms with Crippen LogP contribution >= 0.6 is 0 Å². The number of amides is 1. The Morgan fingerprint density at radius 1 is 1.39 bits per heavy atom. The molecule has 4 heteroatoms. The first-order valence-corrected chi connectivity index (χ1v) is 6.09. The first kappa shape index (κ1) is 14.2. The third-order valence-electron chi connectivity index (χ3n) is 2.90. The van der Waals surface area contributed by atoms with Crippen molar-refractivity contribution in [1.82, 2.24) is 5.32 Å². The van der Waals surface area contributed by atoms with Crippen LogP contribution in [0, 0.1) is 5.92 Å². The Labute approximate surface area is 107 Å². The summed E-state index contributed by atoms with van der Waals surface area (Å²) in [4.78, 5) is 22.4. The van der Waals surface area contributed by atoms with Crippen molar-refractivity contribution in [3.63, 3.8) is 0 Å². The molecular weight excluding hydrogens is 230 g/mol. The molecule has 1 amide bonds. The van der Waals surface area contributed by atoms with Gasteiger partial charge in [-0.1, -0.05) is 50.6 Å². The van der Waals surface area contributed by atoms with E-state index in [9.17, 15) is 9.59 Å². The molecule has 1 aromatic rings. The van der Waals surface area contributed by atoms with E-state index in [0.717, 1.165) is 18.3 Å². The zero-order valence-electron chi connectivity index (χ0n) is 10.8. The molecular formula is C14H19NO3. The van der Waals surface area contributed by atoms with Crippen LogP contribution < -0.4 is 5.32 Å². The first-order chi connectivity index (χ1) is 8.67. The molecule has 0 heterocycles. The summed E-state index contributed by atoms with van der Waals surface area (Å²) in [6.45, 7) is 4.09. The van der Waals surface area contributed by atoms with Crippen molar-refractivity contribution in [2.45, 2.75) is 32.9 Å². The fourth-order valence-corrected chi connectivity index (χ4v) is 1.47. The van der Waals surface area contributed by atoms with Crippen molar-refractivity contribution in [2.75, 3.05) is 0 Å². The second-order valence-corrected chi connectivity index (χ2v) is 4.25. The van der Waals surface area contributed by atoms with E-state index in [2.05, 4.69) is 5.32 Å². The predicted molar refractivity (Wildman–Crippen MR) is 69.1 cm³/mol. The highest BCUT2D eigenvalue weighted by atomic mass is 16.5. The Kier molecular flexibility index (Phi) is 5.91. The number of alkyl carbamates (subject to hydrolysis) is 1. The van der Waals surface area contributed by atoms with Gasteiger partial charge in [-0.15, -0.1) is 0 Å². The van der Waals surface area contributed by atoms with Crippen LogP contribution in [-0.2, 0) is 16.1 Å². The van der Waals surface area contributed by atoms with Gasteiger partial charge in [0.05, 0.1) is 6.04 Å². The lowest BCUT2D eigenvalue weighted by atomic mass is 10.0. The number of benzene rings is 1. The highest BCUT2D eigenvalue weighted by Gasteiger charge is 2.17. The van der Waals surface area contributed by atoms with Gasteiger partial charge < -0.3 is 14.8 Å². The van der Waals surface area contributed by atoms with Crippen molar-refractivity contribution >= 4 is 12.4 Å². The third-order valence-corrected chi connectivity index (χ3v) is 2.90. The van der Waals surface area contributed by atoms with Gasteiger partial charge in [0.1, 0.15) is 12.9 Å². The molecule has 0 spiro atoms. The van der Waals surface area contributed by atoms with E-state index in [4.69, 9.17) is 4.74 Å². The number of nitrogens with one attached hydrogen (secondary N) is 1. The summed E-state index contributed by atoms with van der Waals surface area (Å²) in [5, 5.41) is 2.56. The van der Waals surface area contributed by atoms with Crippen molar-refractivity contribution in [3.8, 4) is 0 Å². The zero-order valence-corrected chi connectivity index (χ0v) is 10.8. The number of carbonyl (C=O) groups is 2. The standard InChI is InChI=1S/C14H19NO3/c1-3-11(2)13(9-16)15-14(17)18-10-12-7-5-4-6-8-12/h4-9,11,13H,3,10H2,1-2H3,(H,15,17). The van der Waals surface area contributed by atoms with E-state index in [0.29, 0.717) is 0 Å². The van der Waals surface area contributed by atoms with E-state index in [1.54, 1.807) is 0 Å². The van der Waals surface area contributed by atoms with Crippen LogP contribution in [0.25, 0.3) is 0 Å². The van der Waals surface area contributed by atoms with Crippen LogP contribution in [0.2, 0.25) is 0 Å². The summed E-state index contributed by atoms with van der Waals surface area (Å²) < 4.78 is 5.05. The molecule has 0 saturated carbocycles. The summed E-state index contributed by atoms with van der Waals surface area (Å²) in [7, 11) is 0. The molecule has 0 aromatic heterocycles. The zero-order chi connectivity index (χ0) is 13.4. The van der Waals surface area contributed by atoms with Crippen LogP contribution in [0.3, 0.4) is 0 Å². The molecule has 0 aliphatic heterocycles. The molecule has 0 saturated heterocycles. The summed E-state index contributed by atoms with van der Waals surface area (Å²) in [6.07, 6.45) is 1.01. The Balaban J connectivity index is 2.39. The van der Waals surface area contributed by atoms with E-state index in [-0.39, 0.29) is 12.5 Å². The van der Waals surface area contributed by atoms with Crippen molar-refractivity contribution in [1.29, 1.82) is 0 Å². The van der Waals surface area contributed by atoms with Gasteiger partial charge >= 0.3 is 6.09 Å². The molecule has 98 valence electrons. The molecule has 2 atom stereocenters. The Morgan fingerprint density at radius 3 is 2.61 bits per heavy atom. The average molecular weight is 249 g/mol. The van der Waals surface area contributed by atoms with E-state index in [1.165, 1.54) is 0 Å². The Morgan fingerprint density at radius 2 is 2.06 bits per heavy atom. The van der Waals surface area contributed by atoms with E-state index >= 15 is 0 Å². The maximum atomic E-state index is 11.5. The summed E-state index contributed by atoms with van der Waals surface area (Å²) in [6, 6.07) is 8.92. The van der Waals surface area contributed by atoms with E-state index < -0.39 is 12.1 Å². The molecule has 0 bridgehead atoms.